The Balaban J connectivity index is 1.98. The van der Waals surface area contributed by atoms with Gasteiger partial charge >= 0.3 is 0 Å². The van der Waals surface area contributed by atoms with Crippen LogP contribution in [-0.2, 0) is 9.57 Å². The first-order valence-electron chi connectivity index (χ1n) is 5.39. The van der Waals surface area contributed by atoms with E-state index in [4.69, 9.17) is 14.7 Å². The van der Waals surface area contributed by atoms with Crippen LogP contribution in [0.4, 0.5) is 0 Å². The summed E-state index contributed by atoms with van der Waals surface area (Å²) < 4.78 is 5.15. The van der Waals surface area contributed by atoms with Gasteiger partial charge in [0.1, 0.15) is 43.8 Å². The fraction of sp³-hybridized carbons (Fsp3) is 0.778. The Morgan fingerprint density at radius 1 is 1.28 bits per heavy atom. The molecule has 1 fully saturated rings. The van der Waals surface area contributed by atoms with Gasteiger partial charge in [0.15, 0.2) is 0 Å². The Labute approximate surface area is 103 Å². The Hall–Kier alpha value is -1.10. The standard InChI is InChI=1S/C9H15N3O6/c13-1-5-6(14)7(15)8(16)9(17-5)18-12-3-10-2-11-4-12/h2-3,5-9,13-16H,1,4H2/t5-,6-,7+,8-,9+/m1/s1. The predicted octanol–water partition coefficient (Wildman–Crippen LogP) is -2.95. The Morgan fingerprint density at radius 2 is 2.06 bits per heavy atom. The van der Waals surface area contributed by atoms with Gasteiger partial charge < -0.3 is 25.2 Å². The molecular formula is C9H15N3O6. The molecule has 0 amide bonds. The zero-order valence-corrected chi connectivity index (χ0v) is 9.40. The average molecular weight is 261 g/mol. The van der Waals surface area contributed by atoms with Crippen LogP contribution in [0.3, 0.4) is 0 Å². The molecule has 2 rings (SSSR count). The highest BCUT2D eigenvalue weighted by atomic mass is 16.8. The summed E-state index contributed by atoms with van der Waals surface area (Å²) in [4.78, 5) is 12.7. The molecule has 102 valence electrons. The van der Waals surface area contributed by atoms with E-state index >= 15 is 0 Å². The summed E-state index contributed by atoms with van der Waals surface area (Å²) in [5.74, 6) is 0. The third-order valence-electron chi connectivity index (χ3n) is 2.65. The van der Waals surface area contributed by atoms with E-state index in [2.05, 4.69) is 9.98 Å². The zero-order valence-electron chi connectivity index (χ0n) is 9.40. The average Bonchev–Trinajstić information content (AvgIpc) is 2.40. The van der Waals surface area contributed by atoms with Crippen LogP contribution in [0.25, 0.3) is 0 Å². The van der Waals surface area contributed by atoms with Gasteiger partial charge in [0, 0.05) is 0 Å². The molecule has 0 aromatic rings. The molecule has 4 N–H and O–H groups in total. The van der Waals surface area contributed by atoms with Crippen LogP contribution in [0.5, 0.6) is 0 Å². The van der Waals surface area contributed by atoms with Gasteiger partial charge in [-0.2, -0.15) is 0 Å². The molecule has 0 aromatic carbocycles. The van der Waals surface area contributed by atoms with Crippen molar-refractivity contribution in [2.24, 2.45) is 9.98 Å². The van der Waals surface area contributed by atoms with Gasteiger partial charge in [-0.15, -0.1) is 0 Å². The van der Waals surface area contributed by atoms with E-state index < -0.39 is 37.3 Å². The van der Waals surface area contributed by atoms with Crippen molar-refractivity contribution in [1.82, 2.24) is 5.06 Å². The maximum Gasteiger partial charge on any atom is 0.213 e. The number of aliphatic hydroxyl groups excluding tert-OH is 4. The summed E-state index contributed by atoms with van der Waals surface area (Å²) in [6, 6.07) is 0. The lowest BCUT2D eigenvalue weighted by atomic mass is 9.99. The van der Waals surface area contributed by atoms with Crippen LogP contribution in [0.15, 0.2) is 9.98 Å². The predicted molar refractivity (Wildman–Crippen MR) is 58.5 cm³/mol. The van der Waals surface area contributed by atoms with Crippen molar-refractivity contribution in [3.05, 3.63) is 0 Å². The van der Waals surface area contributed by atoms with Crippen LogP contribution in [0, 0.1) is 0 Å². The largest absolute Gasteiger partial charge is 0.394 e. The first kappa shape index (κ1) is 13.3. The van der Waals surface area contributed by atoms with E-state index in [1.54, 1.807) is 0 Å². The van der Waals surface area contributed by atoms with Gasteiger partial charge in [-0.05, 0) is 0 Å². The van der Waals surface area contributed by atoms with Crippen LogP contribution in [0.2, 0.25) is 0 Å². The zero-order chi connectivity index (χ0) is 13.1. The molecule has 2 heterocycles. The van der Waals surface area contributed by atoms with E-state index in [1.165, 1.54) is 17.7 Å². The molecule has 0 aliphatic carbocycles. The smallest absolute Gasteiger partial charge is 0.213 e. The highest BCUT2D eigenvalue weighted by Gasteiger charge is 2.44. The van der Waals surface area contributed by atoms with Crippen LogP contribution in [0.1, 0.15) is 0 Å². The summed E-state index contributed by atoms with van der Waals surface area (Å²) >= 11 is 0. The third-order valence-corrected chi connectivity index (χ3v) is 2.65. The SMILES string of the molecule is OC[C@H]1O[C@@H](ON2C=NC=NC2)[C@H](O)[C@@H](O)[C@@H]1O. The van der Waals surface area contributed by atoms with Crippen molar-refractivity contribution in [3.63, 3.8) is 0 Å². The van der Waals surface area contributed by atoms with Crippen molar-refractivity contribution >= 4 is 12.7 Å². The monoisotopic (exact) mass is 261 g/mol. The van der Waals surface area contributed by atoms with Crippen LogP contribution >= 0.6 is 0 Å². The van der Waals surface area contributed by atoms with E-state index in [0.29, 0.717) is 0 Å². The second-order valence-corrected chi connectivity index (χ2v) is 3.92. The molecule has 0 unspecified atom stereocenters. The normalized spacial score (nSPS) is 40.2. The van der Waals surface area contributed by atoms with Crippen LogP contribution < -0.4 is 0 Å². The van der Waals surface area contributed by atoms with Crippen molar-refractivity contribution < 1.29 is 30.0 Å². The molecule has 2 aliphatic rings. The number of hydroxylamine groups is 2. The van der Waals surface area contributed by atoms with Crippen molar-refractivity contribution in [2.75, 3.05) is 13.3 Å². The maximum atomic E-state index is 9.70. The molecule has 0 bridgehead atoms. The molecule has 2 aliphatic heterocycles. The molecule has 18 heavy (non-hydrogen) atoms. The highest BCUT2D eigenvalue weighted by molar-refractivity contribution is 5.72. The van der Waals surface area contributed by atoms with E-state index in [-0.39, 0.29) is 6.67 Å². The minimum atomic E-state index is -1.47. The maximum absolute atomic E-state index is 9.70. The number of nitrogens with zero attached hydrogens (tertiary/aromatic N) is 3. The van der Waals surface area contributed by atoms with Gasteiger partial charge in [0.25, 0.3) is 0 Å². The summed E-state index contributed by atoms with van der Waals surface area (Å²) in [7, 11) is 0. The quantitative estimate of drug-likeness (QED) is 0.427. The number of hydrogen-bond donors (Lipinski definition) is 4. The van der Waals surface area contributed by atoms with Gasteiger partial charge in [-0.3, -0.25) is 0 Å². The fourth-order valence-electron chi connectivity index (χ4n) is 1.65. The number of ether oxygens (including phenoxy) is 1. The van der Waals surface area contributed by atoms with Crippen molar-refractivity contribution in [3.8, 4) is 0 Å². The molecular weight excluding hydrogens is 246 g/mol. The number of rotatable bonds is 3. The summed E-state index contributed by atoms with van der Waals surface area (Å²) in [6.07, 6.45) is -3.87. The lowest BCUT2D eigenvalue weighted by Gasteiger charge is -2.40. The molecule has 9 heteroatoms. The molecule has 0 radical (unpaired) electrons. The Bertz CT molecular complexity index is 336. The summed E-state index contributed by atoms with van der Waals surface area (Å²) in [5.41, 5.74) is 0. The van der Waals surface area contributed by atoms with Gasteiger partial charge in [0.05, 0.1) is 6.61 Å². The molecule has 5 atom stereocenters. The molecule has 0 spiro atoms. The second-order valence-electron chi connectivity index (χ2n) is 3.92. The molecule has 0 aromatic heterocycles. The minimum Gasteiger partial charge on any atom is -0.394 e. The topological polar surface area (TPSA) is 127 Å². The van der Waals surface area contributed by atoms with Crippen molar-refractivity contribution in [2.45, 2.75) is 30.7 Å². The molecule has 1 saturated heterocycles. The molecule has 9 nitrogen and oxygen atoms in total. The van der Waals surface area contributed by atoms with Gasteiger partial charge in [-0.1, -0.05) is 0 Å². The minimum absolute atomic E-state index is 0.165. The number of aliphatic imine (C=N–C) groups is 2. The van der Waals surface area contributed by atoms with E-state index in [0.717, 1.165) is 0 Å². The van der Waals surface area contributed by atoms with Gasteiger partial charge in [0.2, 0.25) is 6.29 Å². The van der Waals surface area contributed by atoms with E-state index in [1.807, 2.05) is 0 Å². The lowest BCUT2D eigenvalue weighted by Crippen LogP contribution is -2.60. The Morgan fingerprint density at radius 3 is 2.67 bits per heavy atom. The number of hydrogen-bond acceptors (Lipinski definition) is 9. The number of aliphatic hydroxyl groups is 4. The Kier molecular flexibility index (Phi) is 4.22. The summed E-state index contributed by atoms with van der Waals surface area (Å²) in [6.45, 7) is -0.338. The van der Waals surface area contributed by atoms with Gasteiger partial charge in [-0.25, -0.2) is 19.9 Å². The van der Waals surface area contributed by atoms with E-state index in [9.17, 15) is 15.3 Å². The fourth-order valence-corrected chi connectivity index (χ4v) is 1.65. The second kappa shape index (κ2) is 5.69. The first-order valence-corrected chi connectivity index (χ1v) is 5.39. The molecule has 0 saturated carbocycles. The van der Waals surface area contributed by atoms with Crippen LogP contribution in [-0.4, -0.2) is 82.1 Å². The van der Waals surface area contributed by atoms with Crippen molar-refractivity contribution in [1.29, 1.82) is 0 Å². The third kappa shape index (κ3) is 2.66. The summed E-state index contributed by atoms with van der Waals surface area (Å²) in [5, 5.41) is 39.0. The highest BCUT2D eigenvalue weighted by Crippen LogP contribution is 2.22. The lowest BCUT2D eigenvalue weighted by molar-refractivity contribution is -0.345. The first-order chi connectivity index (χ1) is 8.63.